The molecule has 2 aromatic heterocycles. The second kappa shape index (κ2) is 8.37. The van der Waals surface area contributed by atoms with E-state index in [0.29, 0.717) is 23.9 Å². The number of fused-ring (bicyclic) bond motifs is 1. The summed E-state index contributed by atoms with van der Waals surface area (Å²) in [4.78, 5) is 16.1. The number of anilines is 1. The summed E-state index contributed by atoms with van der Waals surface area (Å²) in [7, 11) is 5.27. The molecule has 6 heteroatoms. The van der Waals surface area contributed by atoms with E-state index in [2.05, 4.69) is 35.0 Å². The first-order valence-electron chi connectivity index (χ1n) is 9.70. The summed E-state index contributed by atoms with van der Waals surface area (Å²) in [6, 6.07) is 16.0. The topological polar surface area (TPSA) is 60.4 Å². The third kappa shape index (κ3) is 3.89. The van der Waals surface area contributed by atoms with Crippen LogP contribution in [0.3, 0.4) is 0 Å². The first kappa shape index (κ1) is 19.6. The molecule has 0 unspecified atom stereocenters. The normalized spacial score (nSPS) is 10.8. The highest BCUT2D eigenvalue weighted by atomic mass is 16.5. The zero-order valence-corrected chi connectivity index (χ0v) is 17.6. The molecule has 2 heterocycles. The van der Waals surface area contributed by atoms with Gasteiger partial charge in [0.1, 0.15) is 5.82 Å². The van der Waals surface area contributed by atoms with Crippen molar-refractivity contribution in [3.8, 4) is 22.9 Å². The van der Waals surface area contributed by atoms with Crippen molar-refractivity contribution in [3.05, 3.63) is 72.1 Å². The van der Waals surface area contributed by atoms with Crippen LogP contribution in [-0.4, -0.2) is 36.2 Å². The smallest absolute Gasteiger partial charge is 0.162 e. The minimum atomic E-state index is 0.638. The SMILES string of the molecule is COc1cc2nc(-c3ccc(C)cc3)nc(N(C)Cc3cccnc3)c2cc1OC. The van der Waals surface area contributed by atoms with Crippen LogP contribution in [0.5, 0.6) is 11.5 Å². The Kier molecular flexibility index (Phi) is 5.48. The van der Waals surface area contributed by atoms with Gasteiger partial charge in [0.05, 0.1) is 19.7 Å². The molecule has 0 saturated heterocycles. The zero-order chi connectivity index (χ0) is 21.1. The highest BCUT2D eigenvalue weighted by Crippen LogP contribution is 2.36. The molecule has 0 saturated carbocycles. The molecule has 152 valence electrons. The first-order valence-corrected chi connectivity index (χ1v) is 9.70. The van der Waals surface area contributed by atoms with E-state index in [4.69, 9.17) is 19.4 Å². The fourth-order valence-electron chi connectivity index (χ4n) is 3.40. The number of nitrogens with zero attached hydrogens (tertiary/aromatic N) is 4. The van der Waals surface area contributed by atoms with Gasteiger partial charge >= 0.3 is 0 Å². The van der Waals surface area contributed by atoms with Crippen LogP contribution in [-0.2, 0) is 6.54 Å². The predicted octanol–water partition coefficient (Wildman–Crippen LogP) is 4.65. The molecule has 2 aromatic carbocycles. The largest absolute Gasteiger partial charge is 0.493 e. The molecule has 0 radical (unpaired) electrons. The second-order valence-electron chi connectivity index (χ2n) is 7.18. The maximum Gasteiger partial charge on any atom is 0.162 e. The number of pyridine rings is 1. The van der Waals surface area contributed by atoms with Gasteiger partial charge in [-0.1, -0.05) is 35.9 Å². The van der Waals surface area contributed by atoms with Crippen molar-refractivity contribution in [2.24, 2.45) is 0 Å². The molecular weight excluding hydrogens is 376 g/mol. The Labute approximate surface area is 176 Å². The van der Waals surface area contributed by atoms with Crippen molar-refractivity contribution in [1.29, 1.82) is 0 Å². The summed E-state index contributed by atoms with van der Waals surface area (Å²) >= 11 is 0. The summed E-state index contributed by atoms with van der Waals surface area (Å²) < 4.78 is 11.0. The van der Waals surface area contributed by atoms with E-state index in [0.717, 1.165) is 27.8 Å². The fourth-order valence-corrected chi connectivity index (χ4v) is 3.40. The van der Waals surface area contributed by atoms with E-state index in [1.807, 2.05) is 43.6 Å². The Morgan fingerprint density at radius 3 is 2.33 bits per heavy atom. The van der Waals surface area contributed by atoms with Crippen LogP contribution in [0.25, 0.3) is 22.3 Å². The number of ether oxygens (including phenoxy) is 2. The van der Waals surface area contributed by atoms with Gasteiger partial charge in [0.15, 0.2) is 17.3 Å². The van der Waals surface area contributed by atoms with E-state index in [-0.39, 0.29) is 0 Å². The van der Waals surface area contributed by atoms with Crippen molar-refractivity contribution in [2.45, 2.75) is 13.5 Å². The van der Waals surface area contributed by atoms with E-state index < -0.39 is 0 Å². The van der Waals surface area contributed by atoms with Crippen LogP contribution in [0.15, 0.2) is 60.9 Å². The Hall–Kier alpha value is -3.67. The third-order valence-corrected chi connectivity index (χ3v) is 4.99. The van der Waals surface area contributed by atoms with Crippen LogP contribution < -0.4 is 14.4 Å². The predicted molar refractivity (Wildman–Crippen MR) is 119 cm³/mol. The number of rotatable bonds is 6. The highest BCUT2D eigenvalue weighted by molar-refractivity contribution is 5.93. The van der Waals surface area contributed by atoms with Gasteiger partial charge in [-0.15, -0.1) is 0 Å². The molecule has 6 nitrogen and oxygen atoms in total. The van der Waals surface area contributed by atoms with Crippen LogP contribution in [0.2, 0.25) is 0 Å². The monoisotopic (exact) mass is 400 g/mol. The molecule has 0 N–H and O–H groups in total. The van der Waals surface area contributed by atoms with Gasteiger partial charge < -0.3 is 14.4 Å². The lowest BCUT2D eigenvalue weighted by molar-refractivity contribution is 0.356. The molecular formula is C24H24N4O2. The maximum absolute atomic E-state index is 5.52. The van der Waals surface area contributed by atoms with Crippen molar-refractivity contribution in [2.75, 3.05) is 26.2 Å². The van der Waals surface area contributed by atoms with Crippen molar-refractivity contribution >= 4 is 16.7 Å². The van der Waals surface area contributed by atoms with Crippen LogP contribution >= 0.6 is 0 Å². The minimum Gasteiger partial charge on any atom is -0.493 e. The van der Waals surface area contributed by atoms with Gasteiger partial charge in [-0.3, -0.25) is 4.98 Å². The lowest BCUT2D eigenvalue weighted by Gasteiger charge is -2.21. The van der Waals surface area contributed by atoms with E-state index in [1.54, 1.807) is 20.4 Å². The summed E-state index contributed by atoms with van der Waals surface area (Å²) in [5.74, 6) is 2.77. The average molecular weight is 400 g/mol. The van der Waals surface area contributed by atoms with Crippen LogP contribution in [0.1, 0.15) is 11.1 Å². The van der Waals surface area contributed by atoms with Crippen LogP contribution in [0.4, 0.5) is 5.82 Å². The Morgan fingerprint density at radius 2 is 1.67 bits per heavy atom. The molecule has 4 aromatic rings. The van der Waals surface area contributed by atoms with Gasteiger partial charge in [-0.2, -0.15) is 0 Å². The molecule has 0 fully saturated rings. The average Bonchev–Trinajstić information content (AvgIpc) is 2.78. The van der Waals surface area contributed by atoms with E-state index in [9.17, 15) is 0 Å². The van der Waals surface area contributed by atoms with Gasteiger partial charge in [-0.05, 0) is 24.6 Å². The number of aromatic nitrogens is 3. The van der Waals surface area contributed by atoms with Crippen LogP contribution in [0, 0.1) is 6.92 Å². The molecule has 4 rings (SSSR count). The van der Waals surface area contributed by atoms with E-state index >= 15 is 0 Å². The minimum absolute atomic E-state index is 0.638. The number of hydrogen-bond donors (Lipinski definition) is 0. The summed E-state index contributed by atoms with van der Waals surface area (Å²) in [6.07, 6.45) is 3.64. The molecule has 0 aliphatic carbocycles. The van der Waals surface area contributed by atoms with Gasteiger partial charge in [-0.25, -0.2) is 9.97 Å². The second-order valence-corrected chi connectivity index (χ2v) is 7.18. The summed E-state index contributed by atoms with van der Waals surface area (Å²) in [5.41, 5.74) is 4.06. The van der Waals surface area contributed by atoms with Gasteiger partial charge in [0, 0.05) is 43.0 Å². The quantitative estimate of drug-likeness (QED) is 0.469. The first-order chi connectivity index (χ1) is 14.6. The lowest BCUT2D eigenvalue weighted by atomic mass is 10.1. The summed E-state index contributed by atoms with van der Waals surface area (Å²) in [6.45, 7) is 2.73. The number of methoxy groups -OCH3 is 2. The van der Waals surface area contributed by atoms with Gasteiger partial charge in [0.25, 0.3) is 0 Å². The Bertz CT molecular complexity index is 1160. The van der Waals surface area contributed by atoms with E-state index in [1.165, 1.54) is 5.56 Å². The molecule has 0 aliphatic rings. The maximum atomic E-state index is 5.52. The Morgan fingerprint density at radius 1 is 0.933 bits per heavy atom. The zero-order valence-electron chi connectivity index (χ0n) is 17.6. The molecule has 0 aliphatic heterocycles. The van der Waals surface area contributed by atoms with Crippen molar-refractivity contribution in [3.63, 3.8) is 0 Å². The van der Waals surface area contributed by atoms with Crippen molar-refractivity contribution in [1.82, 2.24) is 15.0 Å². The molecule has 0 amide bonds. The molecule has 0 spiro atoms. The lowest BCUT2D eigenvalue weighted by Crippen LogP contribution is -2.19. The van der Waals surface area contributed by atoms with Gasteiger partial charge in [0.2, 0.25) is 0 Å². The standard InChI is InChI=1S/C24H24N4O2/c1-16-7-9-18(10-8-16)23-26-20-13-22(30-4)21(29-3)12-19(20)24(27-23)28(2)15-17-6-5-11-25-14-17/h5-14H,15H2,1-4H3. The molecule has 0 atom stereocenters. The molecule has 0 bridgehead atoms. The fraction of sp³-hybridized carbons (Fsp3) is 0.208. The third-order valence-electron chi connectivity index (χ3n) is 4.99. The number of aryl methyl sites for hydroxylation is 1. The summed E-state index contributed by atoms with van der Waals surface area (Å²) in [5, 5.41) is 0.898. The highest BCUT2D eigenvalue weighted by Gasteiger charge is 2.17. The molecule has 30 heavy (non-hydrogen) atoms. The number of hydrogen-bond acceptors (Lipinski definition) is 6. The van der Waals surface area contributed by atoms with Crippen molar-refractivity contribution < 1.29 is 9.47 Å². The number of benzene rings is 2. The Balaban J connectivity index is 1.89.